The lowest BCUT2D eigenvalue weighted by Gasteiger charge is -2.38. The molecule has 21 heavy (non-hydrogen) atoms. The average Bonchev–Trinajstić information content (AvgIpc) is 3.22. The van der Waals surface area contributed by atoms with E-state index in [-0.39, 0.29) is 24.0 Å². The number of hydrogen-bond donors (Lipinski definition) is 1. The van der Waals surface area contributed by atoms with E-state index in [0.717, 1.165) is 44.7 Å². The van der Waals surface area contributed by atoms with Crippen molar-refractivity contribution in [3.05, 3.63) is 18.2 Å². The average molecular weight is 290 g/mol. The molecular weight excluding hydrogens is 268 g/mol. The first-order chi connectivity index (χ1) is 10.2. The van der Waals surface area contributed by atoms with Crippen molar-refractivity contribution < 1.29 is 9.53 Å². The second-order valence-corrected chi connectivity index (χ2v) is 6.36. The summed E-state index contributed by atoms with van der Waals surface area (Å²) < 4.78 is 7.87. The summed E-state index contributed by atoms with van der Waals surface area (Å²) >= 11 is 0. The van der Waals surface area contributed by atoms with Gasteiger partial charge in [0.2, 0.25) is 5.91 Å². The van der Waals surface area contributed by atoms with Crippen molar-refractivity contribution in [3.8, 4) is 0 Å². The topological polar surface area (TPSA) is 59.4 Å². The number of ether oxygens (including phenoxy) is 1. The summed E-state index contributed by atoms with van der Waals surface area (Å²) in [5.74, 6) is 1.28. The Morgan fingerprint density at radius 2 is 2.38 bits per heavy atom. The van der Waals surface area contributed by atoms with E-state index in [1.54, 1.807) is 6.20 Å². The molecule has 4 rings (SSSR count). The Kier molecular flexibility index (Phi) is 3.23. The molecule has 4 atom stereocenters. The van der Waals surface area contributed by atoms with Crippen LogP contribution in [0.25, 0.3) is 0 Å². The monoisotopic (exact) mass is 290 g/mol. The van der Waals surface area contributed by atoms with Gasteiger partial charge in [-0.2, -0.15) is 0 Å². The summed E-state index contributed by atoms with van der Waals surface area (Å²) in [6, 6.07) is 0.0328. The fourth-order valence-electron chi connectivity index (χ4n) is 4.01. The molecule has 114 valence electrons. The number of aromatic nitrogens is 2. The summed E-state index contributed by atoms with van der Waals surface area (Å²) in [5, 5.41) is 3.38. The van der Waals surface area contributed by atoms with Crippen LogP contribution in [0.5, 0.6) is 0 Å². The molecule has 4 unspecified atom stereocenters. The summed E-state index contributed by atoms with van der Waals surface area (Å²) in [6.45, 7) is 2.39. The van der Waals surface area contributed by atoms with Crippen LogP contribution < -0.4 is 5.32 Å². The summed E-state index contributed by atoms with van der Waals surface area (Å²) in [4.78, 5) is 19.5. The number of carbonyl (C=O) groups is 1. The molecule has 3 aliphatic heterocycles. The van der Waals surface area contributed by atoms with Gasteiger partial charge in [0.05, 0.1) is 18.1 Å². The Morgan fingerprint density at radius 1 is 1.48 bits per heavy atom. The standard InChI is InChI=1S/C15H22N4O2/c1-18-6-5-17-14(18)12-9-16-4-7-19(12)15(20)11-8-10-2-3-13(11)21-10/h5-6,10-13,16H,2-4,7-9H2,1H3. The smallest absolute Gasteiger partial charge is 0.229 e. The lowest BCUT2D eigenvalue weighted by atomic mass is 9.87. The first-order valence-corrected chi connectivity index (χ1v) is 7.88. The first-order valence-electron chi connectivity index (χ1n) is 7.88. The Bertz CT molecular complexity index is 544. The molecule has 1 aromatic heterocycles. The Hall–Kier alpha value is -1.40. The van der Waals surface area contributed by atoms with Gasteiger partial charge in [0.15, 0.2) is 0 Å². The van der Waals surface area contributed by atoms with Crippen LogP contribution >= 0.6 is 0 Å². The van der Waals surface area contributed by atoms with Crippen LogP contribution in [0.3, 0.4) is 0 Å². The second-order valence-electron chi connectivity index (χ2n) is 6.36. The maximum absolute atomic E-state index is 13.0. The number of nitrogens with one attached hydrogen (secondary N) is 1. The maximum atomic E-state index is 13.0. The molecule has 1 amide bonds. The number of hydrogen-bond acceptors (Lipinski definition) is 4. The van der Waals surface area contributed by atoms with Gasteiger partial charge in [-0.3, -0.25) is 4.79 Å². The zero-order valence-electron chi connectivity index (χ0n) is 12.4. The molecule has 0 spiro atoms. The Labute approximate surface area is 124 Å². The van der Waals surface area contributed by atoms with Gasteiger partial charge in [-0.15, -0.1) is 0 Å². The quantitative estimate of drug-likeness (QED) is 0.860. The van der Waals surface area contributed by atoms with Crippen molar-refractivity contribution in [1.82, 2.24) is 19.8 Å². The third-order valence-corrected chi connectivity index (χ3v) is 5.11. The van der Waals surface area contributed by atoms with E-state index in [0.29, 0.717) is 6.10 Å². The summed E-state index contributed by atoms with van der Waals surface area (Å²) in [5.41, 5.74) is 0. The Morgan fingerprint density at radius 3 is 3.05 bits per heavy atom. The predicted octanol–water partition coefficient (Wildman–Crippen LogP) is 0.460. The van der Waals surface area contributed by atoms with Crippen LogP contribution in [0.4, 0.5) is 0 Å². The predicted molar refractivity (Wildman–Crippen MR) is 76.5 cm³/mol. The molecule has 6 heteroatoms. The summed E-state index contributed by atoms with van der Waals surface area (Å²) in [7, 11) is 1.99. The lowest BCUT2D eigenvalue weighted by Crippen LogP contribution is -2.52. The molecule has 0 radical (unpaired) electrons. The number of imidazole rings is 1. The van der Waals surface area contributed by atoms with Gasteiger partial charge < -0.3 is 19.5 Å². The van der Waals surface area contributed by atoms with Crippen molar-refractivity contribution in [1.29, 1.82) is 0 Å². The third-order valence-electron chi connectivity index (χ3n) is 5.11. The van der Waals surface area contributed by atoms with E-state index in [4.69, 9.17) is 4.74 Å². The zero-order chi connectivity index (χ0) is 14.4. The van der Waals surface area contributed by atoms with E-state index in [9.17, 15) is 4.79 Å². The van der Waals surface area contributed by atoms with E-state index in [1.807, 2.05) is 22.7 Å². The molecule has 4 heterocycles. The minimum absolute atomic E-state index is 0.0328. The minimum atomic E-state index is 0.0328. The van der Waals surface area contributed by atoms with Gasteiger partial charge in [0.25, 0.3) is 0 Å². The highest BCUT2D eigenvalue weighted by Crippen LogP contribution is 2.40. The van der Waals surface area contributed by atoms with Gasteiger partial charge in [0.1, 0.15) is 11.9 Å². The van der Waals surface area contributed by atoms with Crippen LogP contribution in [0.2, 0.25) is 0 Å². The largest absolute Gasteiger partial charge is 0.374 e. The number of aryl methyl sites for hydroxylation is 1. The van der Waals surface area contributed by atoms with Crippen molar-refractivity contribution >= 4 is 5.91 Å². The van der Waals surface area contributed by atoms with E-state index in [1.165, 1.54) is 0 Å². The molecule has 2 bridgehead atoms. The highest BCUT2D eigenvalue weighted by Gasteiger charge is 2.47. The number of amides is 1. The number of nitrogens with zero attached hydrogens (tertiary/aromatic N) is 3. The number of fused-ring (bicyclic) bond motifs is 2. The van der Waals surface area contributed by atoms with Crippen LogP contribution in [0.15, 0.2) is 12.4 Å². The number of piperazine rings is 1. The maximum Gasteiger partial charge on any atom is 0.229 e. The molecule has 0 saturated carbocycles. The third kappa shape index (κ3) is 2.17. The van der Waals surface area contributed by atoms with Crippen molar-refractivity contribution in [2.24, 2.45) is 13.0 Å². The second kappa shape index (κ2) is 5.10. The van der Waals surface area contributed by atoms with Crippen molar-refractivity contribution in [2.45, 2.75) is 37.5 Å². The van der Waals surface area contributed by atoms with Gasteiger partial charge in [0, 0.05) is 39.1 Å². The molecule has 0 aliphatic carbocycles. The number of rotatable bonds is 2. The molecule has 3 saturated heterocycles. The highest BCUT2D eigenvalue weighted by atomic mass is 16.5. The molecule has 0 aromatic carbocycles. The van der Waals surface area contributed by atoms with Gasteiger partial charge in [-0.1, -0.05) is 0 Å². The van der Waals surface area contributed by atoms with Crippen molar-refractivity contribution in [3.63, 3.8) is 0 Å². The fraction of sp³-hybridized carbons (Fsp3) is 0.733. The normalized spacial score (nSPS) is 35.4. The number of carbonyl (C=O) groups excluding carboxylic acids is 1. The van der Waals surface area contributed by atoms with Crippen molar-refractivity contribution in [2.75, 3.05) is 19.6 Å². The van der Waals surface area contributed by atoms with Crippen LogP contribution in [-0.4, -0.2) is 52.2 Å². The SMILES string of the molecule is Cn1ccnc1C1CNCCN1C(=O)C1CC2CCC1O2. The zero-order valence-corrected chi connectivity index (χ0v) is 12.4. The van der Waals surface area contributed by atoms with Gasteiger partial charge >= 0.3 is 0 Å². The molecule has 1 N–H and O–H groups in total. The molecule has 6 nitrogen and oxygen atoms in total. The van der Waals surface area contributed by atoms with E-state index < -0.39 is 0 Å². The Balaban J connectivity index is 1.57. The molecule has 3 fully saturated rings. The molecule has 3 aliphatic rings. The molecular formula is C15H22N4O2. The molecule has 1 aromatic rings. The highest BCUT2D eigenvalue weighted by molar-refractivity contribution is 5.80. The summed E-state index contributed by atoms with van der Waals surface area (Å²) in [6.07, 6.45) is 7.28. The van der Waals surface area contributed by atoms with Crippen LogP contribution in [0, 0.1) is 5.92 Å². The van der Waals surface area contributed by atoms with Gasteiger partial charge in [-0.05, 0) is 19.3 Å². The van der Waals surface area contributed by atoms with Gasteiger partial charge in [-0.25, -0.2) is 4.98 Å². The van der Waals surface area contributed by atoms with E-state index >= 15 is 0 Å². The van der Waals surface area contributed by atoms with E-state index in [2.05, 4.69) is 10.3 Å². The van der Waals surface area contributed by atoms with Crippen LogP contribution in [-0.2, 0) is 16.6 Å². The lowest BCUT2D eigenvalue weighted by molar-refractivity contribution is -0.140. The van der Waals surface area contributed by atoms with Crippen LogP contribution in [0.1, 0.15) is 31.1 Å². The fourth-order valence-corrected chi connectivity index (χ4v) is 4.01. The first kappa shape index (κ1) is 13.3. The minimum Gasteiger partial charge on any atom is -0.374 e.